The van der Waals surface area contributed by atoms with Crippen molar-refractivity contribution in [2.75, 3.05) is 20.6 Å². The molecule has 0 spiro atoms. The lowest BCUT2D eigenvalue weighted by Crippen LogP contribution is -2.36. The highest BCUT2D eigenvalue weighted by atomic mass is 16.2. The molecule has 0 bridgehead atoms. The number of hydrogen-bond donors (Lipinski definition) is 0. The molecular formula is C18H28N6O. The van der Waals surface area contributed by atoms with Crippen LogP contribution >= 0.6 is 0 Å². The Morgan fingerprint density at radius 1 is 1.32 bits per heavy atom. The molecule has 2 aromatic rings. The predicted octanol–water partition coefficient (Wildman–Crippen LogP) is 1.87. The summed E-state index contributed by atoms with van der Waals surface area (Å²) >= 11 is 0. The number of carbonyl (C=O) groups excluding carboxylic acids is 1. The van der Waals surface area contributed by atoms with Crippen molar-refractivity contribution < 1.29 is 4.79 Å². The van der Waals surface area contributed by atoms with Gasteiger partial charge in [0.2, 0.25) is 5.91 Å². The summed E-state index contributed by atoms with van der Waals surface area (Å²) in [6.07, 6.45) is 6.47. The van der Waals surface area contributed by atoms with Gasteiger partial charge in [0.05, 0.1) is 24.4 Å². The van der Waals surface area contributed by atoms with Crippen LogP contribution < -0.4 is 0 Å². The van der Waals surface area contributed by atoms with Gasteiger partial charge >= 0.3 is 0 Å². The minimum Gasteiger partial charge on any atom is -0.348 e. The zero-order chi connectivity index (χ0) is 18.1. The molecule has 1 aliphatic rings. The van der Waals surface area contributed by atoms with Crippen LogP contribution in [0.15, 0.2) is 18.6 Å². The number of nitrogens with zero attached hydrogens (tertiary/aromatic N) is 6. The van der Waals surface area contributed by atoms with Crippen LogP contribution in [-0.4, -0.2) is 55.7 Å². The molecule has 0 aliphatic carbocycles. The van der Waals surface area contributed by atoms with E-state index < -0.39 is 0 Å². The van der Waals surface area contributed by atoms with Crippen LogP contribution in [0.4, 0.5) is 0 Å². The lowest BCUT2D eigenvalue weighted by molar-refractivity contribution is -0.128. The standard InChI is InChI=1S/C18H28N6O/c1-13(2)24-11-15(9-19-24)10-22-6-7-23-12-16(8-17(25)21(4)5)20-18(23)14(22)3/h9,11-14H,6-8,10H2,1-5H3/t14-/m1/s1. The average Bonchev–Trinajstić information content (AvgIpc) is 3.17. The molecule has 1 aliphatic heterocycles. The first-order valence-electron chi connectivity index (χ1n) is 8.88. The predicted molar refractivity (Wildman–Crippen MR) is 96.1 cm³/mol. The molecule has 3 heterocycles. The van der Waals surface area contributed by atoms with E-state index in [0.717, 1.165) is 31.2 Å². The summed E-state index contributed by atoms with van der Waals surface area (Å²) in [6, 6.07) is 0.600. The average molecular weight is 344 g/mol. The quantitative estimate of drug-likeness (QED) is 0.831. The van der Waals surface area contributed by atoms with Crippen molar-refractivity contribution in [3.05, 3.63) is 35.7 Å². The maximum Gasteiger partial charge on any atom is 0.228 e. The first-order chi connectivity index (χ1) is 11.8. The molecule has 0 N–H and O–H groups in total. The molecule has 25 heavy (non-hydrogen) atoms. The van der Waals surface area contributed by atoms with E-state index in [1.807, 2.05) is 17.1 Å². The van der Waals surface area contributed by atoms with Crippen LogP contribution in [0, 0.1) is 0 Å². The van der Waals surface area contributed by atoms with E-state index in [4.69, 9.17) is 4.98 Å². The van der Waals surface area contributed by atoms with Crippen LogP contribution in [-0.2, 0) is 24.3 Å². The number of aromatic nitrogens is 4. The Bertz CT molecular complexity index is 745. The molecule has 0 saturated heterocycles. The molecule has 7 heteroatoms. The van der Waals surface area contributed by atoms with Gasteiger partial charge in [0.1, 0.15) is 5.82 Å². The Kier molecular flexibility index (Phi) is 4.94. The third kappa shape index (κ3) is 3.76. The number of carbonyl (C=O) groups is 1. The van der Waals surface area contributed by atoms with E-state index in [-0.39, 0.29) is 11.9 Å². The van der Waals surface area contributed by atoms with Gasteiger partial charge in [-0.2, -0.15) is 5.10 Å². The largest absolute Gasteiger partial charge is 0.348 e. The highest BCUT2D eigenvalue weighted by molar-refractivity contribution is 5.77. The highest BCUT2D eigenvalue weighted by Crippen LogP contribution is 2.26. The van der Waals surface area contributed by atoms with E-state index >= 15 is 0 Å². The number of hydrogen-bond acceptors (Lipinski definition) is 4. The van der Waals surface area contributed by atoms with Gasteiger partial charge in [0, 0.05) is 57.7 Å². The second-order valence-electron chi connectivity index (χ2n) is 7.32. The summed E-state index contributed by atoms with van der Waals surface area (Å²) in [6.45, 7) is 9.19. The van der Waals surface area contributed by atoms with Crippen LogP contribution in [0.5, 0.6) is 0 Å². The highest BCUT2D eigenvalue weighted by Gasteiger charge is 2.27. The zero-order valence-corrected chi connectivity index (χ0v) is 15.8. The van der Waals surface area contributed by atoms with Gasteiger partial charge in [0.25, 0.3) is 0 Å². The SMILES string of the molecule is CC(C)n1cc(CN2CCn3cc(CC(=O)N(C)C)nc3[C@H]2C)cn1. The van der Waals surface area contributed by atoms with Gasteiger partial charge in [-0.25, -0.2) is 4.98 Å². The minimum absolute atomic E-state index is 0.0843. The van der Waals surface area contributed by atoms with Crippen molar-refractivity contribution in [2.45, 2.75) is 52.4 Å². The molecule has 0 fully saturated rings. The van der Waals surface area contributed by atoms with Gasteiger partial charge in [-0.1, -0.05) is 0 Å². The van der Waals surface area contributed by atoms with Crippen LogP contribution in [0.3, 0.4) is 0 Å². The second kappa shape index (κ2) is 7.00. The molecule has 1 amide bonds. The Labute approximate surface area is 149 Å². The number of rotatable bonds is 5. The minimum atomic E-state index is 0.0843. The van der Waals surface area contributed by atoms with Gasteiger partial charge < -0.3 is 9.47 Å². The molecule has 7 nitrogen and oxygen atoms in total. The summed E-state index contributed by atoms with van der Waals surface area (Å²) in [5.74, 6) is 1.13. The van der Waals surface area contributed by atoms with E-state index in [1.54, 1.807) is 19.0 Å². The lowest BCUT2D eigenvalue weighted by Gasteiger charge is -2.33. The molecule has 0 aromatic carbocycles. The summed E-state index contributed by atoms with van der Waals surface area (Å²) < 4.78 is 4.19. The maximum absolute atomic E-state index is 11.9. The Balaban J connectivity index is 1.71. The van der Waals surface area contributed by atoms with Gasteiger partial charge in [-0.3, -0.25) is 14.4 Å². The van der Waals surface area contributed by atoms with Gasteiger partial charge in [-0.15, -0.1) is 0 Å². The summed E-state index contributed by atoms with van der Waals surface area (Å²) in [7, 11) is 3.56. The molecule has 2 aromatic heterocycles. The third-order valence-electron chi connectivity index (χ3n) is 4.81. The topological polar surface area (TPSA) is 59.2 Å². The molecular weight excluding hydrogens is 316 g/mol. The summed E-state index contributed by atoms with van der Waals surface area (Å²) in [5, 5.41) is 4.43. The van der Waals surface area contributed by atoms with E-state index in [9.17, 15) is 4.79 Å². The zero-order valence-electron chi connectivity index (χ0n) is 15.8. The van der Waals surface area contributed by atoms with Gasteiger partial charge in [-0.05, 0) is 20.8 Å². The monoisotopic (exact) mass is 344 g/mol. The molecule has 0 saturated carbocycles. The maximum atomic E-state index is 11.9. The van der Waals surface area contributed by atoms with E-state index in [1.165, 1.54) is 5.56 Å². The smallest absolute Gasteiger partial charge is 0.228 e. The van der Waals surface area contributed by atoms with Crippen molar-refractivity contribution in [1.82, 2.24) is 29.1 Å². The second-order valence-corrected chi connectivity index (χ2v) is 7.32. The first kappa shape index (κ1) is 17.7. The molecule has 1 atom stereocenters. The number of likely N-dealkylation sites (N-methyl/N-ethyl adjacent to an activating group) is 1. The first-order valence-corrected chi connectivity index (χ1v) is 8.88. The Hall–Kier alpha value is -2.15. The van der Waals surface area contributed by atoms with Crippen molar-refractivity contribution in [1.29, 1.82) is 0 Å². The normalized spacial score (nSPS) is 17.8. The molecule has 0 radical (unpaired) electrons. The fourth-order valence-corrected chi connectivity index (χ4v) is 3.18. The number of fused-ring (bicyclic) bond motifs is 1. The van der Waals surface area contributed by atoms with Crippen LogP contribution in [0.1, 0.15) is 49.9 Å². The van der Waals surface area contributed by atoms with Crippen LogP contribution in [0.25, 0.3) is 0 Å². The van der Waals surface area contributed by atoms with Crippen molar-refractivity contribution >= 4 is 5.91 Å². The fourth-order valence-electron chi connectivity index (χ4n) is 3.18. The van der Waals surface area contributed by atoms with Crippen molar-refractivity contribution in [3.63, 3.8) is 0 Å². The summed E-state index contributed by atoms with van der Waals surface area (Å²) in [5.41, 5.74) is 2.08. The van der Waals surface area contributed by atoms with Crippen molar-refractivity contribution in [2.24, 2.45) is 0 Å². The van der Waals surface area contributed by atoms with E-state index in [0.29, 0.717) is 12.5 Å². The van der Waals surface area contributed by atoms with Crippen molar-refractivity contribution in [3.8, 4) is 0 Å². The Morgan fingerprint density at radius 3 is 2.72 bits per heavy atom. The third-order valence-corrected chi connectivity index (χ3v) is 4.81. The lowest BCUT2D eigenvalue weighted by atomic mass is 10.2. The van der Waals surface area contributed by atoms with Gasteiger partial charge in [0.15, 0.2) is 0 Å². The fraction of sp³-hybridized carbons (Fsp3) is 0.611. The van der Waals surface area contributed by atoms with Crippen LogP contribution in [0.2, 0.25) is 0 Å². The number of imidazole rings is 1. The number of amides is 1. The van der Waals surface area contributed by atoms with E-state index in [2.05, 4.69) is 41.5 Å². The molecule has 0 unspecified atom stereocenters. The molecule has 136 valence electrons. The molecule has 3 rings (SSSR count). The summed E-state index contributed by atoms with van der Waals surface area (Å²) in [4.78, 5) is 20.7. The Morgan fingerprint density at radius 2 is 2.08 bits per heavy atom.